The Labute approximate surface area is 170 Å². The Bertz CT molecular complexity index is 1100. The van der Waals surface area contributed by atoms with E-state index in [1.807, 2.05) is 24.3 Å². The zero-order valence-corrected chi connectivity index (χ0v) is 16.7. The van der Waals surface area contributed by atoms with Gasteiger partial charge in [-0.2, -0.15) is 0 Å². The zero-order chi connectivity index (χ0) is 21.5. The van der Waals surface area contributed by atoms with E-state index in [9.17, 15) is 18.0 Å². The van der Waals surface area contributed by atoms with Gasteiger partial charge < -0.3 is 13.9 Å². The summed E-state index contributed by atoms with van der Waals surface area (Å²) in [4.78, 5) is 16.7. The van der Waals surface area contributed by atoms with Crippen LogP contribution in [-0.2, 0) is 23.1 Å². The van der Waals surface area contributed by atoms with Gasteiger partial charge in [-0.1, -0.05) is 6.07 Å². The molecule has 0 amide bonds. The summed E-state index contributed by atoms with van der Waals surface area (Å²) >= 11 is 0. The third-order valence-electron chi connectivity index (χ3n) is 5.35. The molecule has 1 aliphatic rings. The van der Waals surface area contributed by atoms with Crippen LogP contribution in [0.3, 0.4) is 0 Å². The lowest BCUT2D eigenvalue weighted by atomic mass is 10.1. The van der Waals surface area contributed by atoms with Crippen molar-refractivity contribution in [3.63, 3.8) is 0 Å². The molecule has 3 heterocycles. The van der Waals surface area contributed by atoms with Crippen molar-refractivity contribution < 1.29 is 22.6 Å². The number of imidazole rings is 1. The topological polar surface area (TPSA) is 58.3 Å². The first-order valence-electron chi connectivity index (χ1n) is 9.69. The summed E-state index contributed by atoms with van der Waals surface area (Å²) in [6.45, 7) is 2.38. The molecule has 0 aliphatic carbocycles. The van der Waals surface area contributed by atoms with Gasteiger partial charge in [0.25, 0.3) is 5.56 Å². The summed E-state index contributed by atoms with van der Waals surface area (Å²) in [6.07, 6.45) is -2.16. The Hall–Kier alpha value is -2.65. The van der Waals surface area contributed by atoms with Crippen LogP contribution >= 0.6 is 0 Å². The van der Waals surface area contributed by atoms with Crippen molar-refractivity contribution in [2.75, 3.05) is 19.8 Å². The van der Waals surface area contributed by atoms with Gasteiger partial charge in [0.05, 0.1) is 24.2 Å². The Kier molecular flexibility index (Phi) is 5.42. The molecule has 1 saturated heterocycles. The van der Waals surface area contributed by atoms with Crippen LogP contribution in [0.15, 0.2) is 35.3 Å². The number of nitrogens with zero attached hydrogens (tertiary/aromatic N) is 3. The van der Waals surface area contributed by atoms with Gasteiger partial charge in [-0.3, -0.25) is 9.53 Å². The van der Waals surface area contributed by atoms with E-state index in [0.717, 1.165) is 23.1 Å². The van der Waals surface area contributed by atoms with Gasteiger partial charge in [0.2, 0.25) is 0 Å². The molecule has 0 N–H and O–H groups in total. The highest BCUT2D eigenvalue weighted by atomic mass is 19.4. The first kappa shape index (κ1) is 20.6. The third-order valence-corrected chi connectivity index (χ3v) is 5.35. The van der Waals surface area contributed by atoms with Crippen LogP contribution in [0.4, 0.5) is 13.2 Å². The molecule has 3 aromatic rings. The molecule has 1 atom stereocenters. The van der Waals surface area contributed by atoms with E-state index in [1.165, 1.54) is 4.57 Å². The van der Waals surface area contributed by atoms with Crippen molar-refractivity contribution in [2.45, 2.75) is 32.2 Å². The molecule has 0 saturated carbocycles. The van der Waals surface area contributed by atoms with Crippen LogP contribution < -0.4 is 5.56 Å². The zero-order valence-electron chi connectivity index (χ0n) is 16.7. The average Bonchev–Trinajstić information content (AvgIpc) is 3.32. The van der Waals surface area contributed by atoms with Crippen molar-refractivity contribution >= 4 is 11.0 Å². The van der Waals surface area contributed by atoms with Gasteiger partial charge in [0.1, 0.15) is 5.82 Å². The van der Waals surface area contributed by atoms with Crippen LogP contribution in [-0.4, -0.2) is 40.3 Å². The van der Waals surface area contributed by atoms with Crippen LogP contribution in [0.1, 0.15) is 23.7 Å². The van der Waals surface area contributed by atoms with E-state index in [4.69, 9.17) is 4.74 Å². The molecule has 1 aliphatic heterocycles. The van der Waals surface area contributed by atoms with Gasteiger partial charge in [-0.15, -0.1) is 13.2 Å². The number of fused-ring (bicyclic) bond motifs is 1. The van der Waals surface area contributed by atoms with Crippen molar-refractivity contribution in [3.8, 4) is 11.1 Å². The minimum absolute atomic E-state index is 0.0254. The largest absolute Gasteiger partial charge is 0.522 e. The second kappa shape index (κ2) is 7.88. The first-order valence-corrected chi connectivity index (χ1v) is 9.69. The predicted molar refractivity (Wildman–Crippen MR) is 105 cm³/mol. The molecule has 30 heavy (non-hydrogen) atoms. The summed E-state index contributed by atoms with van der Waals surface area (Å²) in [6, 6.07) is 7.46. The Balaban J connectivity index is 1.77. The molecule has 6 nitrogen and oxygen atoms in total. The summed E-state index contributed by atoms with van der Waals surface area (Å²) in [5, 5.41) is 0. The van der Waals surface area contributed by atoms with E-state index < -0.39 is 13.0 Å². The summed E-state index contributed by atoms with van der Waals surface area (Å²) < 4.78 is 50.3. The Morgan fingerprint density at radius 1 is 1.27 bits per heavy atom. The van der Waals surface area contributed by atoms with Crippen LogP contribution in [0.5, 0.6) is 0 Å². The quantitative estimate of drug-likeness (QED) is 0.630. The maximum absolute atomic E-state index is 12.5. The number of alkyl halides is 3. The number of hydrogen-bond donors (Lipinski definition) is 0. The number of halogens is 3. The highest BCUT2D eigenvalue weighted by Gasteiger charge is 2.30. The molecule has 1 fully saturated rings. The number of aromatic nitrogens is 3. The molecule has 0 bridgehead atoms. The van der Waals surface area contributed by atoms with E-state index in [0.29, 0.717) is 30.1 Å². The summed E-state index contributed by atoms with van der Waals surface area (Å²) in [5.74, 6) is 0.744. The van der Waals surface area contributed by atoms with Crippen molar-refractivity contribution in [2.24, 2.45) is 7.05 Å². The fraction of sp³-hybridized carbons (Fsp3) is 0.429. The smallest absolute Gasteiger partial charge is 0.381 e. The second-order valence-electron chi connectivity index (χ2n) is 7.51. The molecule has 0 spiro atoms. The van der Waals surface area contributed by atoms with E-state index in [2.05, 4.69) is 9.72 Å². The number of rotatable bonds is 5. The number of pyridine rings is 1. The van der Waals surface area contributed by atoms with E-state index >= 15 is 0 Å². The van der Waals surface area contributed by atoms with Gasteiger partial charge in [0, 0.05) is 37.9 Å². The number of ether oxygens (including phenoxy) is 2. The molecule has 2 aromatic heterocycles. The molecular formula is C21H22F3N3O3. The molecule has 1 aromatic carbocycles. The van der Waals surface area contributed by atoms with Gasteiger partial charge in [0.15, 0.2) is 0 Å². The Morgan fingerprint density at radius 3 is 2.73 bits per heavy atom. The van der Waals surface area contributed by atoms with E-state index in [1.54, 1.807) is 24.7 Å². The third kappa shape index (κ3) is 4.13. The minimum Gasteiger partial charge on any atom is -0.381 e. The summed E-state index contributed by atoms with van der Waals surface area (Å²) in [7, 11) is 1.69. The highest BCUT2D eigenvalue weighted by Crippen LogP contribution is 2.31. The monoisotopic (exact) mass is 421 g/mol. The van der Waals surface area contributed by atoms with Crippen LogP contribution in [0, 0.1) is 6.92 Å². The molecular weight excluding hydrogens is 399 g/mol. The average molecular weight is 421 g/mol. The molecule has 0 radical (unpaired) electrons. The molecule has 160 valence electrons. The fourth-order valence-electron chi connectivity index (χ4n) is 3.89. The van der Waals surface area contributed by atoms with Crippen molar-refractivity contribution in [1.82, 2.24) is 14.1 Å². The molecule has 9 heteroatoms. The van der Waals surface area contributed by atoms with Gasteiger partial charge >= 0.3 is 6.36 Å². The summed E-state index contributed by atoms with van der Waals surface area (Å²) in [5.41, 5.74) is 3.68. The van der Waals surface area contributed by atoms with Crippen molar-refractivity contribution in [1.29, 1.82) is 0 Å². The van der Waals surface area contributed by atoms with Crippen LogP contribution in [0.25, 0.3) is 22.2 Å². The van der Waals surface area contributed by atoms with E-state index in [-0.39, 0.29) is 18.0 Å². The lowest BCUT2D eigenvalue weighted by Crippen LogP contribution is -2.19. The van der Waals surface area contributed by atoms with Crippen molar-refractivity contribution in [3.05, 3.63) is 52.2 Å². The SMILES string of the molecule is Cc1cc(-c2ccc3nc(C4CCOC4)n(CCOC(F)(F)F)c3c2)cn(C)c1=O. The number of aryl methyl sites for hydroxylation is 2. The maximum atomic E-state index is 12.5. The lowest BCUT2D eigenvalue weighted by molar-refractivity contribution is -0.325. The predicted octanol–water partition coefficient (Wildman–Crippen LogP) is 3.75. The molecule has 1 unspecified atom stereocenters. The maximum Gasteiger partial charge on any atom is 0.522 e. The van der Waals surface area contributed by atoms with Gasteiger partial charge in [-0.05, 0) is 42.7 Å². The fourth-order valence-corrected chi connectivity index (χ4v) is 3.89. The van der Waals surface area contributed by atoms with Gasteiger partial charge in [-0.25, -0.2) is 4.98 Å². The molecule has 4 rings (SSSR count). The number of benzene rings is 1. The Morgan fingerprint density at radius 2 is 2.07 bits per heavy atom. The highest BCUT2D eigenvalue weighted by molar-refractivity contribution is 5.82. The minimum atomic E-state index is -4.68. The first-order chi connectivity index (χ1) is 14.2. The standard InChI is InChI=1S/C21H22F3N3O3/c1-13-9-16(11-26(2)20(13)28)14-3-4-17-18(10-14)27(6-8-30-21(22,23)24)19(25-17)15-5-7-29-12-15/h3-4,9-11,15H,5-8,12H2,1-2H3. The number of hydrogen-bond acceptors (Lipinski definition) is 4. The second-order valence-corrected chi connectivity index (χ2v) is 7.51. The normalized spacial score (nSPS) is 17.2. The lowest BCUT2D eigenvalue weighted by Gasteiger charge is -2.14. The van der Waals surface area contributed by atoms with Crippen LogP contribution in [0.2, 0.25) is 0 Å².